The van der Waals surface area contributed by atoms with Crippen molar-refractivity contribution in [2.45, 2.75) is 63.5 Å². The van der Waals surface area contributed by atoms with Gasteiger partial charge in [0.05, 0.1) is 6.54 Å². The maximum atomic E-state index is 12.3. The Morgan fingerprint density at radius 1 is 1.04 bits per heavy atom. The molecule has 0 bridgehead atoms. The molecule has 1 atom stereocenters. The van der Waals surface area contributed by atoms with E-state index in [1.165, 1.54) is 19.3 Å². The molecule has 1 amide bonds. The number of hydrogen-bond donors (Lipinski definition) is 0. The zero-order chi connectivity index (χ0) is 19.5. The molecule has 2 heterocycles. The maximum Gasteiger partial charge on any atom is 0.410 e. The minimum Gasteiger partial charge on any atom is -0.443 e. The Kier molecular flexibility index (Phi) is 6.70. The molecule has 4 rings (SSSR count). The highest BCUT2D eigenvalue weighted by atomic mass is 35.5. The summed E-state index contributed by atoms with van der Waals surface area (Å²) in [6.07, 6.45) is 9.27. The van der Waals surface area contributed by atoms with Crippen molar-refractivity contribution >= 4 is 29.3 Å². The number of piperidine rings is 1. The third-order valence-corrected chi connectivity index (χ3v) is 7.21. The Morgan fingerprint density at radius 2 is 1.79 bits per heavy atom. The van der Waals surface area contributed by atoms with Crippen molar-refractivity contribution in [3.63, 3.8) is 0 Å². The molecule has 2 saturated heterocycles. The average Bonchev–Trinajstić information content (AvgIpc) is 3.07. The van der Waals surface area contributed by atoms with E-state index in [4.69, 9.17) is 27.9 Å². The van der Waals surface area contributed by atoms with Gasteiger partial charge in [-0.2, -0.15) is 0 Å². The molecular formula is C22H30Cl2N2O2. The van der Waals surface area contributed by atoms with Crippen LogP contribution in [0.3, 0.4) is 0 Å². The molecule has 1 aromatic rings. The normalized spacial score (nSPS) is 25.3. The summed E-state index contributed by atoms with van der Waals surface area (Å²) in [6, 6.07) is 6.13. The second kappa shape index (κ2) is 9.23. The Morgan fingerprint density at radius 3 is 2.54 bits per heavy atom. The van der Waals surface area contributed by atoms with Gasteiger partial charge >= 0.3 is 6.09 Å². The highest BCUT2D eigenvalue weighted by Crippen LogP contribution is 2.29. The molecule has 0 aromatic heterocycles. The molecule has 0 spiro atoms. The molecule has 154 valence electrons. The Labute approximate surface area is 178 Å². The summed E-state index contributed by atoms with van der Waals surface area (Å²) in [5, 5.41) is 1.56. The second-order valence-electron chi connectivity index (χ2n) is 8.63. The molecule has 0 N–H and O–H groups in total. The van der Waals surface area contributed by atoms with Crippen LogP contribution in [0.5, 0.6) is 0 Å². The van der Waals surface area contributed by atoms with Crippen LogP contribution in [0.2, 0.25) is 10.0 Å². The van der Waals surface area contributed by atoms with Gasteiger partial charge in [0.1, 0.15) is 6.10 Å². The first-order valence-electron chi connectivity index (χ1n) is 10.7. The van der Waals surface area contributed by atoms with Crippen molar-refractivity contribution in [3.8, 4) is 0 Å². The van der Waals surface area contributed by atoms with Crippen molar-refractivity contribution in [1.82, 2.24) is 9.80 Å². The largest absolute Gasteiger partial charge is 0.443 e. The topological polar surface area (TPSA) is 32.8 Å². The number of benzene rings is 1. The maximum absolute atomic E-state index is 12.3. The van der Waals surface area contributed by atoms with Crippen LogP contribution in [-0.2, 0) is 11.2 Å². The van der Waals surface area contributed by atoms with Gasteiger partial charge in [-0.3, -0.25) is 4.90 Å². The molecule has 1 aliphatic carbocycles. The Hall–Kier alpha value is -0.970. The van der Waals surface area contributed by atoms with Crippen LogP contribution in [-0.4, -0.2) is 54.2 Å². The molecule has 3 fully saturated rings. The van der Waals surface area contributed by atoms with Gasteiger partial charge in [0, 0.05) is 22.6 Å². The number of ether oxygens (including phenoxy) is 1. The van der Waals surface area contributed by atoms with Crippen LogP contribution in [0, 0.1) is 5.92 Å². The summed E-state index contributed by atoms with van der Waals surface area (Å²) >= 11 is 12.4. The van der Waals surface area contributed by atoms with Crippen molar-refractivity contribution in [1.29, 1.82) is 0 Å². The van der Waals surface area contributed by atoms with Crippen LogP contribution in [0.25, 0.3) is 0 Å². The van der Waals surface area contributed by atoms with E-state index in [-0.39, 0.29) is 12.2 Å². The molecule has 28 heavy (non-hydrogen) atoms. The average molecular weight is 425 g/mol. The Bertz CT molecular complexity index is 685. The molecule has 2 aliphatic heterocycles. The molecule has 1 saturated carbocycles. The van der Waals surface area contributed by atoms with Gasteiger partial charge in [0.15, 0.2) is 0 Å². The van der Waals surface area contributed by atoms with Gasteiger partial charge in [0.25, 0.3) is 0 Å². The molecule has 0 radical (unpaired) electrons. The minimum absolute atomic E-state index is 0.0216. The molecule has 1 aromatic carbocycles. The molecule has 6 heteroatoms. The smallest absolute Gasteiger partial charge is 0.410 e. The Balaban J connectivity index is 1.23. The van der Waals surface area contributed by atoms with Gasteiger partial charge in [-0.25, -0.2) is 4.79 Å². The summed E-state index contributed by atoms with van der Waals surface area (Å²) in [4.78, 5) is 16.8. The number of cyclic esters (lactones) is 1. The number of halogens is 2. The quantitative estimate of drug-likeness (QED) is 0.633. The SMILES string of the molecule is O=C1OC(CN2CCC(Cc3cc(Cl)ccc3Cl)CC2)CN1C1CCCCC1. The van der Waals surface area contributed by atoms with Crippen molar-refractivity contribution in [3.05, 3.63) is 33.8 Å². The van der Waals surface area contributed by atoms with E-state index in [9.17, 15) is 4.79 Å². The summed E-state index contributed by atoms with van der Waals surface area (Å²) in [6.45, 7) is 3.74. The van der Waals surface area contributed by atoms with Crippen LogP contribution in [0.15, 0.2) is 18.2 Å². The summed E-state index contributed by atoms with van der Waals surface area (Å²) in [7, 11) is 0. The van der Waals surface area contributed by atoms with Crippen LogP contribution in [0.1, 0.15) is 50.5 Å². The van der Waals surface area contributed by atoms with Crippen molar-refractivity contribution < 1.29 is 9.53 Å². The van der Waals surface area contributed by atoms with Gasteiger partial charge in [0.2, 0.25) is 0 Å². The number of rotatable bonds is 5. The number of carbonyl (C=O) groups is 1. The number of nitrogens with zero attached hydrogens (tertiary/aromatic N) is 2. The summed E-state index contributed by atoms with van der Waals surface area (Å²) in [5.74, 6) is 0.636. The highest BCUT2D eigenvalue weighted by molar-refractivity contribution is 6.33. The lowest BCUT2D eigenvalue weighted by atomic mass is 9.90. The van der Waals surface area contributed by atoms with E-state index in [2.05, 4.69) is 4.90 Å². The first-order chi connectivity index (χ1) is 13.6. The van der Waals surface area contributed by atoms with E-state index >= 15 is 0 Å². The lowest BCUT2D eigenvalue weighted by molar-refractivity contribution is 0.0896. The van der Waals surface area contributed by atoms with Crippen LogP contribution in [0.4, 0.5) is 4.79 Å². The number of likely N-dealkylation sites (tertiary alicyclic amines) is 1. The molecule has 4 nitrogen and oxygen atoms in total. The zero-order valence-electron chi connectivity index (χ0n) is 16.4. The number of carbonyl (C=O) groups excluding carboxylic acids is 1. The lowest BCUT2D eigenvalue weighted by Gasteiger charge is -2.33. The third kappa shape index (κ3) is 4.95. The predicted octanol–water partition coefficient (Wildman–Crippen LogP) is 5.40. The predicted molar refractivity (Wildman–Crippen MR) is 113 cm³/mol. The van der Waals surface area contributed by atoms with E-state index in [0.717, 1.165) is 73.9 Å². The first kappa shape index (κ1) is 20.3. The zero-order valence-corrected chi connectivity index (χ0v) is 17.9. The van der Waals surface area contributed by atoms with E-state index < -0.39 is 0 Å². The molecular weight excluding hydrogens is 395 g/mol. The summed E-state index contributed by atoms with van der Waals surface area (Å²) < 4.78 is 5.69. The summed E-state index contributed by atoms with van der Waals surface area (Å²) in [5.41, 5.74) is 1.15. The van der Waals surface area contributed by atoms with Crippen LogP contribution < -0.4 is 0 Å². The number of amides is 1. The minimum atomic E-state index is -0.0950. The molecule has 3 aliphatic rings. The fourth-order valence-corrected chi connectivity index (χ4v) is 5.39. The van der Waals surface area contributed by atoms with E-state index in [1.807, 2.05) is 23.1 Å². The fraction of sp³-hybridized carbons (Fsp3) is 0.682. The van der Waals surface area contributed by atoms with Gasteiger partial charge < -0.3 is 9.64 Å². The monoisotopic (exact) mass is 424 g/mol. The second-order valence-corrected chi connectivity index (χ2v) is 9.48. The fourth-order valence-electron chi connectivity index (χ4n) is 5.00. The van der Waals surface area contributed by atoms with Gasteiger partial charge in [-0.05, 0) is 74.9 Å². The van der Waals surface area contributed by atoms with Crippen LogP contribution >= 0.6 is 23.2 Å². The lowest BCUT2D eigenvalue weighted by Crippen LogP contribution is -2.42. The van der Waals surface area contributed by atoms with Gasteiger partial charge in [-0.15, -0.1) is 0 Å². The van der Waals surface area contributed by atoms with E-state index in [1.54, 1.807) is 0 Å². The van der Waals surface area contributed by atoms with Gasteiger partial charge in [-0.1, -0.05) is 42.5 Å². The highest BCUT2D eigenvalue weighted by Gasteiger charge is 2.37. The number of hydrogen-bond acceptors (Lipinski definition) is 3. The third-order valence-electron chi connectivity index (χ3n) is 6.60. The molecule has 1 unspecified atom stereocenters. The van der Waals surface area contributed by atoms with E-state index in [0.29, 0.717) is 12.0 Å². The first-order valence-corrected chi connectivity index (χ1v) is 11.5. The standard InChI is InChI=1S/C22H30Cl2N2O2/c23-18-6-7-21(24)17(13-18)12-16-8-10-25(11-9-16)14-20-15-26(22(27)28-20)19-4-2-1-3-5-19/h6-7,13,16,19-20H,1-5,8-12,14-15H2. The van der Waals surface area contributed by atoms with Crippen molar-refractivity contribution in [2.24, 2.45) is 5.92 Å². The van der Waals surface area contributed by atoms with Crippen molar-refractivity contribution in [2.75, 3.05) is 26.2 Å².